The molecule has 1 amide bonds. The Morgan fingerprint density at radius 1 is 1.18 bits per heavy atom. The number of fused-ring (bicyclic) bond motifs is 1. The Bertz CT molecular complexity index is 1140. The van der Waals surface area contributed by atoms with Gasteiger partial charge in [-0.15, -0.1) is 0 Å². The van der Waals surface area contributed by atoms with Crippen molar-refractivity contribution in [3.8, 4) is 11.3 Å². The van der Waals surface area contributed by atoms with Crippen LogP contribution in [0.15, 0.2) is 72.0 Å². The maximum absolute atomic E-state index is 12.4. The van der Waals surface area contributed by atoms with Crippen LogP contribution in [-0.4, -0.2) is 26.3 Å². The third kappa shape index (κ3) is 3.88. The van der Waals surface area contributed by atoms with Crippen LogP contribution in [0.1, 0.15) is 5.56 Å². The molecular weight excluding hydrogens is 392 g/mol. The minimum absolute atomic E-state index is 0.109. The highest BCUT2D eigenvalue weighted by Gasteiger charge is 2.12. The molecule has 2 heterocycles. The lowest BCUT2D eigenvalue weighted by atomic mass is 10.1. The van der Waals surface area contributed by atoms with E-state index < -0.39 is 0 Å². The molecular formula is C21H17ClN4OS. The van der Waals surface area contributed by atoms with E-state index in [1.807, 2.05) is 55.5 Å². The summed E-state index contributed by atoms with van der Waals surface area (Å²) in [6.45, 7) is 1.88. The van der Waals surface area contributed by atoms with Gasteiger partial charge in [-0.2, -0.15) is 5.10 Å². The average Bonchev–Trinajstić information content (AvgIpc) is 3.15. The molecule has 0 aliphatic carbocycles. The van der Waals surface area contributed by atoms with Gasteiger partial charge in [0.2, 0.25) is 5.91 Å². The summed E-state index contributed by atoms with van der Waals surface area (Å²) in [6.07, 6.45) is 3.50. The Balaban J connectivity index is 1.51. The summed E-state index contributed by atoms with van der Waals surface area (Å²) in [6, 6.07) is 17.4. The van der Waals surface area contributed by atoms with Gasteiger partial charge in [-0.3, -0.25) is 4.79 Å². The minimum atomic E-state index is -0.109. The summed E-state index contributed by atoms with van der Waals surface area (Å²) in [5, 5.41) is 8.90. The van der Waals surface area contributed by atoms with Gasteiger partial charge in [-0.25, -0.2) is 9.50 Å². The number of halogens is 1. The number of hydrogen-bond donors (Lipinski definition) is 1. The molecule has 0 unspecified atom stereocenters. The van der Waals surface area contributed by atoms with Gasteiger partial charge in [0.25, 0.3) is 0 Å². The van der Waals surface area contributed by atoms with Crippen molar-refractivity contribution in [3.05, 3.63) is 77.6 Å². The second-order valence-electron chi connectivity index (χ2n) is 6.21. The molecule has 2 aromatic heterocycles. The maximum Gasteiger partial charge on any atom is 0.234 e. The standard InChI is InChI=1S/C21H17ClN4OS/c1-14-16(22)8-5-9-17(14)24-20(27)13-28-21-19-12-18(15-6-3-2-4-7-15)25-26(19)11-10-23-21/h2-12H,13H2,1H3,(H,24,27). The zero-order valence-electron chi connectivity index (χ0n) is 15.1. The Hall–Kier alpha value is -2.83. The first-order valence-corrected chi connectivity index (χ1v) is 10.1. The third-order valence-electron chi connectivity index (χ3n) is 4.31. The number of carbonyl (C=O) groups is 1. The number of nitrogens with one attached hydrogen (secondary N) is 1. The molecule has 0 radical (unpaired) electrons. The lowest BCUT2D eigenvalue weighted by Gasteiger charge is -2.09. The monoisotopic (exact) mass is 408 g/mol. The molecule has 4 rings (SSSR count). The molecule has 2 aromatic carbocycles. The normalized spacial score (nSPS) is 10.9. The van der Waals surface area contributed by atoms with E-state index in [4.69, 9.17) is 11.6 Å². The van der Waals surface area contributed by atoms with Crippen LogP contribution in [0.25, 0.3) is 16.8 Å². The average molecular weight is 409 g/mol. The summed E-state index contributed by atoms with van der Waals surface area (Å²) in [7, 11) is 0. The van der Waals surface area contributed by atoms with E-state index >= 15 is 0 Å². The van der Waals surface area contributed by atoms with Crippen molar-refractivity contribution in [1.29, 1.82) is 0 Å². The minimum Gasteiger partial charge on any atom is -0.325 e. The van der Waals surface area contributed by atoms with Crippen molar-refractivity contribution in [3.63, 3.8) is 0 Å². The topological polar surface area (TPSA) is 59.3 Å². The Morgan fingerprint density at radius 2 is 2.00 bits per heavy atom. The fourth-order valence-electron chi connectivity index (χ4n) is 2.82. The first-order valence-electron chi connectivity index (χ1n) is 8.69. The zero-order valence-corrected chi connectivity index (χ0v) is 16.7. The first-order chi connectivity index (χ1) is 13.6. The summed E-state index contributed by atoms with van der Waals surface area (Å²) >= 11 is 7.49. The van der Waals surface area contributed by atoms with Crippen LogP contribution in [0.2, 0.25) is 5.02 Å². The summed E-state index contributed by atoms with van der Waals surface area (Å²) in [4.78, 5) is 16.8. The van der Waals surface area contributed by atoms with E-state index in [1.165, 1.54) is 11.8 Å². The molecule has 0 atom stereocenters. The molecule has 28 heavy (non-hydrogen) atoms. The Morgan fingerprint density at radius 3 is 2.82 bits per heavy atom. The van der Waals surface area contributed by atoms with Crippen molar-refractivity contribution < 1.29 is 4.79 Å². The smallest absolute Gasteiger partial charge is 0.234 e. The van der Waals surface area contributed by atoms with Gasteiger partial charge in [-0.1, -0.05) is 59.8 Å². The Kier molecular flexibility index (Phi) is 5.32. The molecule has 0 saturated heterocycles. The molecule has 7 heteroatoms. The largest absolute Gasteiger partial charge is 0.325 e. The molecule has 0 fully saturated rings. The highest BCUT2D eigenvalue weighted by molar-refractivity contribution is 8.00. The van der Waals surface area contributed by atoms with E-state index in [1.54, 1.807) is 23.0 Å². The first kappa shape index (κ1) is 18.5. The van der Waals surface area contributed by atoms with E-state index in [2.05, 4.69) is 15.4 Å². The maximum atomic E-state index is 12.4. The van der Waals surface area contributed by atoms with Crippen LogP contribution < -0.4 is 5.32 Å². The van der Waals surface area contributed by atoms with Gasteiger partial charge in [0.1, 0.15) is 5.03 Å². The van der Waals surface area contributed by atoms with Gasteiger partial charge in [-0.05, 0) is 30.7 Å². The van der Waals surface area contributed by atoms with E-state index in [0.717, 1.165) is 33.1 Å². The van der Waals surface area contributed by atoms with Crippen LogP contribution in [0.3, 0.4) is 0 Å². The van der Waals surface area contributed by atoms with Gasteiger partial charge in [0.05, 0.1) is 17.0 Å². The fraction of sp³-hybridized carbons (Fsp3) is 0.0952. The molecule has 0 aliphatic rings. The van der Waals surface area contributed by atoms with E-state index in [-0.39, 0.29) is 11.7 Å². The van der Waals surface area contributed by atoms with Gasteiger partial charge in [0.15, 0.2) is 0 Å². The molecule has 5 nitrogen and oxygen atoms in total. The Labute approximate surface area is 171 Å². The second-order valence-corrected chi connectivity index (χ2v) is 7.58. The second kappa shape index (κ2) is 8.04. The van der Waals surface area contributed by atoms with Crippen LogP contribution in [0.4, 0.5) is 5.69 Å². The molecule has 4 aromatic rings. The van der Waals surface area contributed by atoms with E-state index in [9.17, 15) is 4.79 Å². The molecule has 0 bridgehead atoms. The van der Waals surface area contributed by atoms with Gasteiger partial charge >= 0.3 is 0 Å². The number of nitrogens with zero attached hydrogens (tertiary/aromatic N) is 3. The number of carbonyl (C=O) groups excluding carboxylic acids is 1. The van der Waals surface area contributed by atoms with Crippen LogP contribution in [0.5, 0.6) is 0 Å². The number of hydrogen-bond acceptors (Lipinski definition) is 4. The predicted octanol–water partition coefficient (Wildman–Crippen LogP) is 5.09. The highest BCUT2D eigenvalue weighted by Crippen LogP contribution is 2.27. The van der Waals surface area contributed by atoms with Crippen LogP contribution in [-0.2, 0) is 4.79 Å². The van der Waals surface area contributed by atoms with Crippen molar-refractivity contribution in [1.82, 2.24) is 14.6 Å². The quantitative estimate of drug-likeness (QED) is 0.467. The SMILES string of the molecule is Cc1c(Cl)cccc1NC(=O)CSc1nccn2nc(-c3ccccc3)cc12. The third-order valence-corrected chi connectivity index (χ3v) is 5.71. The fourth-order valence-corrected chi connectivity index (χ4v) is 3.77. The lowest BCUT2D eigenvalue weighted by molar-refractivity contribution is -0.113. The lowest BCUT2D eigenvalue weighted by Crippen LogP contribution is -2.15. The molecule has 0 spiro atoms. The number of aromatic nitrogens is 3. The summed E-state index contributed by atoms with van der Waals surface area (Å²) < 4.78 is 1.79. The number of anilines is 1. The van der Waals surface area contributed by atoms with Crippen LogP contribution in [0, 0.1) is 6.92 Å². The molecule has 1 N–H and O–H groups in total. The van der Waals surface area contributed by atoms with Crippen LogP contribution >= 0.6 is 23.4 Å². The molecule has 0 aliphatic heterocycles. The highest BCUT2D eigenvalue weighted by atomic mass is 35.5. The number of rotatable bonds is 5. The van der Waals surface area contributed by atoms with Crippen molar-refractivity contribution >= 4 is 40.5 Å². The predicted molar refractivity (Wildman–Crippen MR) is 114 cm³/mol. The van der Waals surface area contributed by atoms with Gasteiger partial charge < -0.3 is 5.32 Å². The van der Waals surface area contributed by atoms with E-state index in [0.29, 0.717) is 5.02 Å². The van der Waals surface area contributed by atoms with Crippen molar-refractivity contribution in [2.75, 3.05) is 11.1 Å². The number of benzene rings is 2. The number of amides is 1. The molecule has 0 saturated carbocycles. The number of thioether (sulfide) groups is 1. The molecule has 140 valence electrons. The summed E-state index contributed by atoms with van der Waals surface area (Å²) in [5.74, 6) is 0.131. The van der Waals surface area contributed by atoms with Crippen molar-refractivity contribution in [2.24, 2.45) is 0 Å². The summed E-state index contributed by atoms with van der Waals surface area (Å²) in [5.41, 5.74) is 4.36. The van der Waals surface area contributed by atoms with Crippen molar-refractivity contribution in [2.45, 2.75) is 11.9 Å². The zero-order chi connectivity index (χ0) is 19.5. The van der Waals surface area contributed by atoms with Gasteiger partial charge in [0, 0.05) is 28.7 Å².